The fourth-order valence-corrected chi connectivity index (χ4v) is 3.07. The average molecular weight is 425 g/mol. The molecule has 0 fully saturated rings. The van der Waals surface area contributed by atoms with Gasteiger partial charge in [0.05, 0.1) is 5.56 Å². The fourth-order valence-electron chi connectivity index (χ4n) is 3.07. The highest BCUT2D eigenvalue weighted by Gasteiger charge is 2.30. The van der Waals surface area contributed by atoms with E-state index in [2.05, 4.69) is 20.0 Å². The maximum absolute atomic E-state index is 12.9. The first-order chi connectivity index (χ1) is 14.8. The second kappa shape index (κ2) is 7.94. The second-order valence-corrected chi connectivity index (χ2v) is 6.60. The van der Waals surface area contributed by atoms with E-state index >= 15 is 0 Å². The number of H-pyrrole nitrogens is 1. The molecule has 0 saturated heterocycles. The van der Waals surface area contributed by atoms with Crippen molar-refractivity contribution >= 4 is 11.6 Å². The first kappa shape index (κ1) is 20.1. The molecule has 0 aliphatic rings. The summed E-state index contributed by atoms with van der Waals surface area (Å²) >= 11 is 0. The van der Waals surface area contributed by atoms with E-state index in [1.165, 1.54) is 12.1 Å². The van der Waals surface area contributed by atoms with Crippen molar-refractivity contribution in [2.24, 2.45) is 0 Å². The van der Waals surface area contributed by atoms with Crippen LogP contribution < -0.4 is 11.1 Å². The number of hydrogen-bond donors (Lipinski definition) is 2. The van der Waals surface area contributed by atoms with Crippen LogP contribution in [0.3, 0.4) is 0 Å². The lowest BCUT2D eigenvalue weighted by Gasteiger charge is -2.12. The number of anilines is 1. The zero-order valence-electron chi connectivity index (χ0n) is 15.7. The Kier molecular flexibility index (Phi) is 5.16. The molecule has 0 bridgehead atoms. The number of nitrogens with one attached hydrogen (secondary N) is 2. The van der Waals surface area contributed by atoms with E-state index in [1.54, 1.807) is 48.5 Å². The van der Waals surface area contributed by atoms with Gasteiger partial charge in [-0.1, -0.05) is 47.6 Å². The van der Waals surface area contributed by atoms with Crippen molar-refractivity contribution < 1.29 is 22.5 Å². The van der Waals surface area contributed by atoms with E-state index in [1.807, 2.05) is 0 Å². The number of carbonyl (C=O) groups is 1. The number of rotatable bonds is 4. The van der Waals surface area contributed by atoms with Gasteiger partial charge in [-0.25, -0.2) is 4.79 Å². The molecular weight excluding hydrogens is 411 g/mol. The molecular formula is C22H14F3N3O3. The largest absolute Gasteiger partial charge is 0.439 e. The first-order valence-electron chi connectivity index (χ1n) is 9.06. The molecule has 1 amide bonds. The van der Waals surface area contributed by atoms with Crippen LogP contribution in [-0.4, -0.2) is 16.0 Å². The van der Waals surface area contributed by atoms with Crippen molar-refractivity contribution in [3.8, 4) is 22.5 Å². The summed E-state index contributed by atoms with van der Waals surface area (Å²) in [5.74, 6) is -0.928. The number of amides is 1. The normalized spacial score (nSPS) is 11.3. The van der Waals surface area contributed by atoms with Gasteiger partial charge < -0.3 is 5.32 Å². The van der Waals surface area contributed by atoms with Crippen LogP contribution >= 0.6 is 0 Å². The van der Waals surface area contributed by atoms with E-state index in [4.69, 9.17) is 0 Å². The Morgan fingerprint density at radius 3 is 2.35 bits per heavy atom. The standard InChI is InChI=1S/C22H14F3N3O3/c23-22(24,25)15-10-8-13(9-11-15)17-6-1-2-7-18(17)20(29)26-16-5-3-4-14(12-16)19-27-21(30)31-28-19/h1-12H,(H,26,29)(H,27,28,30). The number of aromatic amines is 1. The summed E-state index contributed by atoms with van der Waals surface area (Å²) in [7, 11) is 0. The van der Waals surface area contributed by atoms with Crippen LogP contribution in [0.5, 0.6) is 0 Å². The molecule has 4 rings (SSSR count). The predicted molar refractivity (Wildman–Crippen MR) is 107 cm³/mol. The molecule has 31 heavy (non-hydrogen) atoms. The SMILES string of the molecule is O=C(Nc1cccc(-c2noc(=O)[nH]2)c1)c1ccccc1-c1ccc(C(F)(F)F)cc1. The molecule has 0 saturated carbocycles. The molecule has 0 radical (unpaired) electrons. The molecule has 0 atom stereocenters. The van der Waals surface area contributed by atoms with E-state index < -0.39 is 23.4 Å². The van der Waals surface area contributed by atoms with Gasteiger partial charge in [0.1, 0.15) is 0 Å². The molecule has 0 unspecified atom stereocenters. The molecule has 3 aromatic carbocycles. The van der Waals surface area contributed by atoms with Crippen molar-refractivity contribution in [2.75, 3.05) is 5.32 Å². The van der Waals surface area contributed by atoms with Crippen LogP contribution in [0.25, 0.3) is 22.5 Å². The van der Waals surface area contributed by atoms with Crippen molar-refractivity contribution in [1.82, 2.24) is 10.1 Å². The Bertz CT molecular complexity index is 1290. The van der Waals surface area contributed by atoms with Crippen molar-refractivity contribution in [2.45, 2.75) is 6.18 Å². The molecule has 0 aliphatic heterocycles. The summed E-state index contributed by atoms with van der Waals surface area (Å²) < 4.78 is 43.0. The molecule has 0 spiro atoms. The molecule has 9 heteroatoms. The topological polar surface area (TPSA) is 88.0 Å². The van der Waals surface area contributed by atoms with Gasteiger partial charge in [-0.05, 0) is 41.5 Å². The fraction of sp³-hybridized carbons (Fsp3) is 0.0455. The number of halogens is 3. The number of carbonyl (C=O) groups excluding carboxylic acids is 1. The van der Waals surface area contributed by atoms with E-state index in [0.29, 0.717) is 27.9 Å². The first-order valence-corrected chi connectivity index (χ1v) is 9.06. The molecule has 4 aromatic rings. The highest BCUT2D eigenvalue weighted by molar-refractivity contribution is 6.08. The average Bonchev–Trinajstić information content (AvgIpc) is 3.20. The molecule has 2 N–H and O–H groups in total. The summed E-state index contributed by atoms with van der Waals surface area (Å²) in [6.45, 7) is 0. The summed E-state index contributed by atoms with van der Waals surface area (Å²) in [5, 5.41) is 6.36. The van der Waals surface area contributed by atoms with Crippen LogP contribution in [0, 0.1) is 0 Å². The minimum Gasteiger partial charge on any atom is -0.322 e. The Hall–Kier alpha value is -4.14. The van der Waals surface area contributed by atoms with Gasteiger partial charge >= 0.3 is 11.9 Å². The number of benzene rings is 3. The maximum atomic E-state index is 12.9. The molecule has 6 nitrogen and oxygen atoms in total. The Morgan fingerprint density at radius 2 is 1.68 bits per heavy atom. The van der Waals surface area contributed by atoms with Crippen molar-refractivity contribution in [3.05, 3.63) is 94.5 Å². The summed E-state index contributed by atoms with van der Waals surface area (Å²) in [6.07, 6.45) is -4.44. The van der Waals surface area contributed by atoms with Gasteiger partial charge in [-0.2, -0.15) is 13.2 Å². The lowest BCUT2D eigenvalue weighted by atomic mass is 9.98. The zero-order valence-corrected chi connectivity index (χ0v) is 15.7. The minimum atomic E-state index is -4.44. The highest BCUT2D eigenvalue weighted by atomic mass is 19.4. The summed E-state index contributed by atoms with van der Waals surface area (Å²) in [5.41, 5.74) is 1.47. The number of aromatic nitrogens is 2. The monoisotopic (exact) mass is 425 g/mol. The van der Waals surface area contributed by atoms with E-state index in [0.717, 1.165) is 12.1 Å². The number of nitrogens with zero attached hydrogens (tertiary/aromatic N) is 1. The minimum absolute atomic E-state index is 0.214. The van der Waals surface area contributed by atoms with Crippen LogP contribution in [0.1, 0.15) is 15.9 Å². The van der Waals surface area contributed by atoms with Crippen LogP contribution in [-0.2, 0) is 6.18 Å². The summed E-state index contributed by atoms with van der Waals surface area (Å²) in [6, 6.07) is 17.8. The van der Waals surface area contributed by atoms with Gasteiger partial charge in [0.25, 0.3) is 5.91 Å². The van der Waals surface area contributed by atoms with Crippen LogP contribution in [0.15, 0.2) is 82.1 Å². The predicted octanol–water partition coefficient (Wildman–Crippen LogP) is 4.97. The molecule has 156 valence electrons. The Morgan fingerprint density at radius 1 is 0.935 bits per heavy atom. The lowest BCUT2D eigenvalue weighted by Crippen LogP contribution is -2.13. The van der Waals surface area contributed by atoms with Gasteiger partial charge in [-0.15, -0.1) is 0 Å². The van der Waals surface area contributed by atoms with Gasteiger partial charge in [0.2, 0.25) is 0 Å². The van der Waals surface area contributed by atoms with Crippen molar-refractivity contribution in [3.63, 3.8) is 0 Å². The Balaban J connectivity index is 1.61. The third-order valence-electron chi connectivity index (χ3n) is 4.53. The lowest BCUT2D eigenvalue weighted by molar-refractivity contribution is -0.137. The Labute approximate surface area is 173 Å². The van der Waals surface area contributed by atoms with E-state index in [9.17, 15) is 22.8 Å². The highest BCUT2D eigenvalue weighted by Crippen LogP contribution is 2.32. The number of alkyl halides is 3. The van der Waals surface area contributed by atoms with Crippen LogP contribution in [0.2, 0.25) is 0 Å². The summed E-state index contributed by atoms with van der Waals surface area (Å²) in [4.78, 5) is 26.5. The van der Waals surface area contributed by atoms with Gasteiger partial charge in [0, 0.05) is 16.8 Å². The van der Waals surface area contributed by atoms with E-state index in [-0.39, 0.29) is 5.82 Å². The van der Waals surface area contributed by atoms with Gasteiger partial charge in [0.15, 0.2) is 5.82 Å². The molecule has 1 heterocycles. The third-order valence-corrected chi connectivity index (χ3v) is 4.53. The molecule has 1 aromatic heterocycles. The van der Waals surface area contributed by atoms with Gasteiger partial charge in [-0.3, -0.25) is 14.3 Å². The smallest absolute Gasteiger partial charge is 0.322 e. The number of hydrogen-bond acceptors (Lipinski definition) is 4. The molecule has 0 aliphatic carbocycles. The second-order valence-electron chi connectivity index (χ2n) is 6.60. The van der Waals surface area contributed by atoms with Crippen LogP contribution in [0.4, 0.5) is 18.9 Å². The quantitative estimate of drug-likeness (QED) is 0.483. The zero-order chi connectivity index (χ0) is 22.0. The van der Waals surface area contributed by atoms with Crippen molar-refractivity contribution in [1.29, 1.82) is 0 Å². The third kappa shape index (κ3) is 4.40. The maximum Gasteiger partial charge on any atom is 0.439 e.